The summed E-state index contributed by atoms with van der Waals surface area (Å²) in [5, 5.41) is 25.8. The molecular weight excluding hydrogens is 320 g/mol. The fourth-order valence-corrected chi connectivity index (χ4v) is 2.22. The van der Waals surface area contributed by atoms with E-state index in [-0.39, 0.29) is 17.9 Å². The third-order valence-corrected chi connectivity index (χ3v) is 3.47. The maximum Gasteiger partial charge on any atom is 0.357 e. The highest BCUT2D eigenvalue weighted by Crippen LogP contribution is 2.23. The topological polar surface area (TPSA) is 130 Å². The molecule has 10 nitrogen and oxygen atoms in total. The number of benzene rings is 1. The first-order chi connectivity index (χ1) is 11.2. The quantitative estimate of drug-likeness (QED) is 0.465. The van der Waals surface area contributed by atoms with E-state index in [0.29, 0.717) is 11.3 Å². The van der Waals surface area contributed by atoms with E-state index in [0.717, 1.165) is 18.2 Å². The standard InChI is InChI=1S/C14H14N4O6/c1-8-9(2)15-16(3)13(8)14(19)24-7-10-4-11(17(20)21)6-12(5-10)18(22)23/h4-6H,7H2,1-3H3. The summed E-state index contributed by atoms with van der Waals surface area (Å²) in [6, 6.07) is 3.10. The van der Waals surface area contributed by atoms with E-state index in [2.05, 4.69) is 5.10 Å². The zero-order valence-electron chi connectivity index (χ0n) is 13.2. The van der Waals surface area contributed by atoms with Gasteiger partial charge in [-0.3, -0.25) is 24.9 Å². The second-order valence-electron chi connectivity index (χ2n) is 5.13. The number of rotatable bonds is 5. The van der Waals surface area contributed by atoms with Crippen molar-refractivity contribution >= 4 is 17.3 Å². The number of aryl methyl sites for hydroxylation is 2. The third kappa shape index (κ3) is 3.37. The SMILES string of the molecule is Cc1nn(C)c(C(=O)OCc2cc([N+](=O)[O-])cc([N+](=O)[O-])c2)c1C. The van der Waals surface area contributed by atoms with Crippen LogP contribution in [0.2, 0.25) is 0 Å². The van der Waals surface area contributed by atoms with Crippen LogP contribution < -0.4 is 0 Å². The first-order valence-corrected chi connectivity index (χ1v) is 6.80. The maximum atomic E-state index is 12.2. The van der Waals surface area contributed by atoms with Crippen molar-refractivity contribution in [2.75, 3.05) is 0 Å². The summed E-state index contributed by atoms with van der Waals surface area (Å²) in [5.74, 6) is -0.662. The maximum absolute atomic E-state index is 12.2. The van der Waals surface area contributed by atoms with E-state index in [1.165, 1.54) is 4.68 Å². The van der Waals surface area contributed by atoms with Gasteiger partial charge in [0.05, 0.1) is 21.6 Å². The minimum atomic E-state index is -0.743. The van der Waals surface area contributed by atoms with E-state index in [1.54, 1.807) is 20.9 Å². The number of carbonyl (C=O) groups excluding carboxylic acids is 1. The summed E-state index contributed by atoms with van der Waals surface area (Å²) in [6.07, 6.45) is 0. The molecule has 1 heterocycles. The predicted molar refractivity (Wildman–Crippen MR) is 81.6 cm³/mol. The molecular formula is C14H14N4O6. The van der Waals surface area contributed by atoms with Gasteiger partial charge in [0.15, 0.2) is 0 Å². The van der Waals surface area contributed by atoms with Crippen LogP contribution in [0.25, 0.3) is 0 Å². The molecule has 126 valence electrons. The number of carbonyl (C=O) groups is 1. The first-order valence-electron chi connectivity index (χ1n) is 6.80. The van der Waals surface area contributed by atoms with Crippen LogP contribution in [-0.4, -0.2) is 25.6 Å². The van der Waals surface area contributed by atoms with Crippen molar-refractivity contribution in [2.24, 2.45) is 7.05 Å². The molecule has 0 aliphatic heterocycles. The molecule has 0 N–H and O–H groups in total. The van der Waals surface area contributed by atoms with Gasteiger partial charge in [-0.05, 0) is 13.8 Å². The average molecular weight is 334 g/mol. The van der Waals surface area contributed by atoms with Gasteiger partial charge in [-0.25, -0.2) is 4.79 Å². The van der Waals surface area contributed by atoms with Crippen molar-refractivity contribution in [3.05, 3.63) is 60.9 Å². The Morgan fingerprint density at radius 1 is 1.17 bits per heavy atom. The second kappa shape index (κ2) is 6.44. The largest absolute Gasteiger partial charge is 0.456 e. The highest BCUT2D eigenvalue weighted by molar-refractivity contribution is 5.89. The molecule has 0 atom stereocenters. The number of nitro benzene ring substituents is 2. The van der Waals surface area contributed by atoms with Crippen molar-refractivity contribution in [3.63, 3.8) is 0 Å². The van der Waals surface area contributed by atoms with Gasteiger partial charge in [0, 0.05) is 30.3 Å². The molecule has 24 heavy (non-hydrogen) atoms. The second-order valence-corrected chi connectivity index (χ2v) is 5.13. The number of aromatic nitrogens is 2. The van der Waals surface area contributed by atoms with Crippen LogP contribution in [0.15, 0.2) is 18.2 Å². The highest BCUT2D eigenvalue weighted by atomic mass is 16.6. The summed E-state index contributed by atoms with van der Waals surface area (Å²) >= 11 is 0. The van der Waals surface area contributed by atoms with Gasteiger partial charge in [0.25, 0.3) is 11.4 Å². The Hall–Kier alpha value is -3.30. The Morgan fingerprint density at radius 3 is 2.12 bits per heavy atom. The predicted octanol–water partition coefficient (Wildman–Crippen LogP) is 2.21. The normalized spacial score (nSPS) is 10.5. The third-order valence-electron chi connectivity index (χ3n) is 3.47. The lowest BCUT2D eigenvalue weighted by Crippen LogP contribution is -2.12. The monoisotopic (exact) mass is 334 g/mol. The van der Waals surface area contributed by atoms with Crippen molar-refractivity contribution in [1.82, 2.24) is 9.78 Å². The fraction of sp³-hybridized carbons (Fsp3) is 0.286. The van der Waals surface area contributed by atoms with E-state index in [4.69, 9.17) is 4.74 Å². The Bertz CT molecular complexity index is 810. The first kappa shape index (κ1) is 17.1. The number of hydrogen-bond acceptors (Lipinski definition) is 7. The summed E-state index contributed by atoms with van der Waals surface area (Å²) in [7, 11) is 1.59. The number of nitro groups is 2. The summed E-state index contributed by atoms with van der Waals surface area (Å²) in [6.45, 7) is 3.14. The molecule has 0 amide bonds. The van der Waals surface area contributed by atoms with Gasteiger partial charge in [-0.1, -0.05) is 0 Å². The van der Waals surface area contributed by atoms with Crippen LogP contribution in [0.4, 0.5) is 11.4 Å². The molecule has 0 saturated heterocycles. The Morgan fingerprint density at radius 2 is 1.71 bits per heavy atom. The Balaban J connectivity index is 2.24. The summed E-state index contributed by atoms with van der Waals surface area (Å²) in [5.41, 5.74) is 0.863. The molecule has 0 unspecified atom stereocenters. The van der Waals surface area contributed by atoms with E-state index < -0.39 is 27.2 Å². The number of esters is 1. The average Bonchev–Trinajstić information content (AvgIpc) is 2.77. The van der Waals surface area contributed by atoms with Crippen LogP contribution in [0.1, 0.15) is 27.3 Å². The molecule has 1 aromatic heterocycles. The van der Waals surface area contributed by atoms with Gasteiger partial charge in [0.1, 0.15) is 12.3 Å². The molecule has 0 saturated carbocycles. The number of ether oxygens (including phenoxy) is 1. The van der Waals surface area contributed by atoms with Gasteiger partial charge >= 0.3 is 5.97 Å². The number of non-ortho nitro benzene ring substituents is 2. The van der Waals surface area contributed by atoms with Crippen LogP contribution in [0.3, 0.4) is 0 Å². The van der Waals surface area contributed by atoms with Gasteiger partial charge < -0.3 is 4.74 Å². The molecule has 0 aliphatic rings. The summed E-state index contributed by atoms with van der Waals surface area (Å²) in [4.78, 5) is 32.4. The Labute approximate surface area is 136 Å². The highest BCUT2D eigenvalue weighted by Gasteiger charge is 2.20. The lowest BCUT2D eigenvalue weighted by molar-refractivity contribution is -0.394. The minimum absolute atomic E-state index is 0.154. The zero-order valence-corrected chi connectivity index (χ0v) is 13.2. The molecule has 0 radical (unpaired) electrons. The molecule has 0 spiro atoms. The van der Waals surface area contributed by atoms with Crippen molar-refractivity contribution < 1.29 is 19.4 Å². The lowest BCUT2D eigenvalue weighted by Gasteiger charge is -2.06. The Kier molecular flexibility index (Phi) is 4.58. The molecule has 2 aromatic rings. The fourth-order valence-electron chi connectivity index (χ4n) is 2.22. The smallest absolute Gasteiger partial charge is 0.357 e. The van der Waals surface area contributed by atoms with Crippen molar-refractivity contribution in [2.45, 2.75) is 20.5 Å². The van der Waals surface area contributed by atoms with Crippen molar-refractivity contribution in [3.8, 4) is 0 Å². The van der Waals surface area contributed by atoms with Crippen LogP contribution >= 0.6 is 0 Å². The molecule has 1 aromatic carbocycles. The minimum Gasteiger partial charge on any atom is -0.456 e. The molecule has 0 aliphatic carbocycles. The van der Waals surface area contributed by atoms with E-state index in [9.17, 15) is 25.0 Å². The van der Waals surface area contributed by atoms with Crippen LogP contribution in [0, 0.1) is 34.1 Å². The van der Waals surface area contributed by atoms with E-state index >= 15 is 0 Å². The zero-order chi connectivity index (χ0) is 18.0. The lowest BCUT2D eigenvalue weighted by atomic mass is 10.2. The van der Waals surface area contributed by atoms with Gasteiger partial charge in [0.2, 0.25) is 0 Å². The van der Waals surface area contributed by atoms with Gasteiger partial charge in [-0.15, -0.1) is 0 Å². The molecule has 10 heteroatoms. The number of hydrogen-bond donors (Lipinski definition) is 0. The number of nitrogens with zero attached hydrogens (tertiary/aromatic N) is 4. The van der Waals surface area contributed by atoms with Crippen LogP contribution in [-0.2, 0) is 18.4 Å². The van der Waals surface area contributed by atoms with Gasteiger partial charge in [-0.2, -0.15) is 5.10 Å². The van der Waals surface area contributed by atoms with Crippen LogP contribution in [0.5, 0.6) is 0 Å². The molecule has 2 rings (SSSR count). The molecule has 0 fully saturated rings. The molecule has 0 bridgehead atoms. The summed E-state index contributed by atoms with van der Waals surface area (Å²) < 4.78 is 6.49. The van der Waals surface area contributed by atoms with E-state index in [1.807, 2.05) is 0 Å². The van der Waals surface area contributed by atoms with Crippen molar-refractivity contribution in [1.29, 1.82) is 0 Å².